The van der Waals surface area contributed by atoms with Crippen molar-refractivity contribution in [2.75, 3.05) is 18.5 Å². The zero-order valence-corrected chi connectivity index (χ0v) is 12.0. The van der Waals surface area contributed by atoms with Crippen LogP contribution in [0.1, 0.15) is 12.8 Å². The number of fused-ring (bicyclic) bond motifs is 1. The van der Waals surface area contributed by atoms with Gasteiger partial charge in [0.1, 0.15) is 13.2 Å². The van der Waals surface area contributed by atoms with Crippen LogP contribution >= 0.6 is 0 Å². The van der Waals surface area contributed by atoms with Crippen molar-refractivity contribution in [2.24, 2.45) is 11.8 Å². The zero-order chi connectivity index (χ0) is 15.5. The van der Waals surface area contributed by atoms with Gasteiger partial charge in [0.15, 0.2) is 11.5 Å². The van der Waals surface area contributed by atoms with Crippen molar-refractivity contribution in [1.82, 2.24) is 0 Å². The molecule has 0 aromatic heterocycles. The standard InChI is InChI=1S/C16H17NO5/c18-15(10-4-1-2-5-11(10)16(19)20)17-12-6-3-7-13-14(12)22-9-8-21-13/h1-3,6-7,10-11H,4-5,8-9H2,(H,17,18)(H,19,20)/t10-,11-/m1/s1. The summed E-state index contributed by atoms with van der Waals surface area (Å²) < 4.78 is 11.0. The molecule has 6 nitrogen and oxygen atoms in total. The number of carbonyl (C=O) groups is 2. The molecular formula is C16H17NO5. The van der Waals surface area contributed by atoms with E-state index in [9.17, 15) is 14.7 Å². The molecule has 3 rings (SSSR count). The van der Waals surface area contributed by atoms with Gasteiger partial charge in [-0.05, 0) is 25.0 Å². The summed E-state index contributed by atoms with van der Waals surface area (Å²) in [7, 11) is 0. The monoisotopic (exact) mass is 303 g/mol. The highest BCUT2D eigenvalue weighted by molar-refractivity contribution is 5.97. The highest BCUT2D eigenvalue weighted by Crippen LogP contribution is 2.38. The van der Waals surface area contributed by atoms with Crippen LogP contribution in [0.5, 0.6) is 11.5 Å². The zero-order valence-electron chi connectivity index (χ0n) is 12.0. The molecular weight excluding hydrogens is 286 g/mol. The van der Waals surface area contributed by atoms with Crippen LogP contribution in [0.3, 0.4) is 0 Å². The molecule has 1 aromatic carbocycles. The van der Waals surface area contributed by atoms with Crippen LogP contribution in [0, 0.1) is 11.8 Å². The number of carbonyl (C=O) groups excluding carboxylic acids is 1. The molecule has 1 amide bonds. The average Bonchev–Trinajstić information content (AvgIpc) is 2.55. The number of nitrogens with one attached hydrogen (secondary N) is 1. The largest absolute Gasteiger partial charge is 0.486 e. The molecule has 0 unspecified atom stereocenters. The topological polar surface area (TPSA) is 84.9 Å². The van der Waals surface area contributed by atoms with Gasteiger partial charge in [-0.1, -0.05) is 18.2 Å². The molecule has 6 heteroatoms. The Kier molecular flexibility index (Phi) is 4.00. The van der Waals surface area contributed by atoms with Crippen LogP contribution in [-0.4, -0.2) is 30.2 Å². The second-order valence-corrected chi connectivity index (χ2v) is 5.31. The van der Waals surface area contributed by atoms with Crippen LogP contribution in [-0.2, 0) is 9.59 Å². The van der Waals surface area contributed by atoms with Gasteiger partial charge in [-0.25, -0.2) is 0 Å². The van der Waals surface area contributed by atoms with E-state index in [-0.39, 0.29) is 5.91 Å². The predicted octanol–water partition coefficient (Wildman–Crippen LogP) is 2.06. The van der Waals surface area contributed by atoms with Gasteiger partial charge in [0.05, 0.1) is 17.5 Å². The second-order valence-electron chi connectivity index (χ2n) is 5.31. The first-order valence-electron chi connectivity index (χ1n) is 7.24. The Hall–Kier alpha value is -2.50. The Labute approximate surface area is 127 Å². The molecule has 2 atom stereocenters. The Balaban J connectivity index is 1.79. The average molecular weight is 303 g/mol. The molecule has 0 bridgehead atoms. The maximum atomic E-state index is 12.5. The fourth-order valence-corrected chi connectivity index (χ4v) is 2.77. The van der Waals surface area contributed by atoms with Gasteiger partial charge < -0.3 is 19.9 Å². The molecule has 116 valence electrons. The number of aliphatic carboxylic acids is 1. The van der Waals surface area contributed by atoms with Gasteiger partial charge >= 0.3 is 5.97 Å². The fraction of sp³-hybridized carbons (Fsp3) is 0.375. The number of benzene rings is 1. The van der Waals surface area contributed by atoms with Crippen molar-refractivity contribution in [2.45, 2.75) is 12.8 Å². The summed E-state index contributed by atoms with van der Waals surface area (Å²) in [5.41, 5.74) is 0.515. The van der Waals surface area contributed by atoms with Crippen molar-refractivity contribution in [3.8, 4) is 11.5 Å². The third-order valence-electron chi connectivity index (χ3n) is 3.91. The summed E-state index contributed by atoms with van der Waals surface area (Å²) in [5.74, 6) is -1.44. The molecule has 0 spiro atoms. The van der Waals surface area contributed by atoms with E-state index in [0.717, 1.165) is 0 Å². The number of hydrogen-bond acceptors (Lipinski definition) is 4. The van der Waals surface area contributed by atoms with Gasteiger partial charge in [0, 0.05) is 0 Å². The van der Waals surface area contributed by atoms with Crippen LogP contribution in [0.4, 0.5) is 5.69 Å². The summed E-state index contributed by atoms with van der Waals surface area (Å²) in [6.07, 6.45) is 4.46. The second kappa shape index (κ2) is 6.09. The minimum atomic E-state index is -0.945. The molecule has 0 radical (unpaired) electrons. The number of amides is 1. The predicted molar refractivity (Wildman–Crippen MR) is 79.1 cm³/mol. The lowest BCUT2D eigenvalue weighted by molar-refractivity contribution is -0.146. The first kappa shape index (κ1) is 14.4. The van der Waals surface area contributed by atoms with Crippen molar-refractivity contribution in [3.05, 3.63) is 30.4 Å². The van der Waals surface area contributed by atoms with Gasteiger partial charge in [-0.3, -0.25) is 9.59 Å². The summed E-state index contributed by atoms with van der Waals surface area (Å²) in [6.45, 7) is 0.892. The SMILES string of the molecule is O=C(O)[C@@H]1CC=CC[C@H]1C(=O)Nc1cccc2c1OCCO2. The summed E-state index contributed by atoms with van der Waals surface area (Å²) in [4.78, 5) is 23.8. The van der Waals surface area contributed by atoms with Crippen molar-refractivity contribution in [3.63, 3.8) is 0 Å². The van der Waals surface area contributed by atoms with E-state index < -0.39 is 17.8 Å². The van der Waals surface area contributed by atoms with Gasteiger partial charge in [0.25, 0.3) is 0 Å². The van der Waals surface area contributed by atoms with Crippen molar-refractivity contribution >= 4 is 17.6 Å². The molecule has 0 saturated heterocycles. The van der Waals surface area contributed by atoms with E-state index in [4.69, 9.17) is 9.47 Å². The first-order valence-corrected chi connectivity index (χ1v) is 7.24. The fourth-order valence-electron chi connectivity index (χ4n) is 2.77. The summed E-state index contributed by atoms with van der Waals surface area (Å²) >= 11 is 0. The molecule has 2 N–H and O–H groups in total. The van der Waals surface area contributed by atoms with Crippen molar-refractivity contribution in [1.29, 1.82) is 0 Å². The number of anilines is 1. The molecule has 22 heavy (non-hydrogen) atoms. The lowest BCUT2D eigenvalue weighted by Crippen LogP contribution is -2.35. The maximum Gasteiger partial charge on any atom is 0.307 e. The molecule has 2 aliphatic rings. The van der Waals surface area contributed by atoms with E-state index >= 15 is 0 Å². The minimum absolute atomic E-state index is 0.306. The van der Waals surface area contributed by atoms with Crippen LogP contribution in [0.25, 0.3) is 0 Å². The molecule has 1 aliphatic carbocycles. The van der Waals surface area contributed by atoms with E-state index in [1.165, 1.54) is 0 Å². The van der Waals surface area contributed by atoms with E-state index in [1.54, 1.807) is 18.2 Å². The molecule has 1 aliphatic heterocycles. The number of rotatable bonds is 3. The maximum absolute atomic E-state index is 12.5. The summed E-state index contributed by atoms with van der Waals surface area (Å²) in [5, 5.41) is 12.0. The van der Waals surface area contributed by atoms with Gasteiger partial charge in [-0.2, -0.15) is 0 Å². The molecule has 0 fully saturated rings. The lowest BCUT2D eigenvalue weighted by Gasteiger charge is -2.26. The third kappa shape index (κ3) is 2.77. The number of hydrogen-bond donors (Lipinski definition) is 2. The smallest absolute Gasteiger partial charge is 0.307 e. The number of ether oxygens (including phenoxy) is 2. The quantitative estimate of drug-likeness (QED) is 0.835. The van der Waals surface area contributed by atoms with Gasteiger partial charge in [0.2, 0.25) is 5.91 Å². The van der Waals surface area contributed by atoms with Crippen LogP contribution in [0.2, 0.25) is 0 Å². The van der Waals surface area contributed by atoms with E-state index in [2.05, 4.69) is 5.32 Å². The molecule has 1 heterocycles. The number of para-hydroxylation sites is 1. The Bertz CT molecular complexity index is 625. The first-order chi connectivity index (χ1) is 10.7. The highest BCUT2D eigenvalue weighted by Gasteiger charge is 2.34. The van der Waals surface area contributed by atoms with Crippen LogP contribution in [0.15, 0.2) is 30.4 Å². The molecule has 0 saturated carbocycles. The van der Waals surface area contributed by atoms with Crippen LogP contribution < -0.4 is 14.8 Å². The number of carboxylic acids is 1. The van der Waals surface area contributed by atoms with Crippen molar-refractivity contribution < 1.29 is 24.2 Å². The van der Waals surface area contributed by atoms with Gasteiger partial charge in [-0.15, -0.1) is 0 Å². The third-order valence-corrected chi connectivity index (χ3v) is 3.91. The number of allylic oxidation sites excluding steroid dienone is 2. The van der Waals surface area contributed by atoms with E-state index in [0.29, 0.717) is 43.2 Å². The normalized spacial score (nSPS) is 22.9. The highest BCUT2D eigenvalue weighted by atomic mass is 16.6. The van der Waals surface area contributed by atoms with E-state index in [1.807, 2.05) is 12.2 Å². The Morgan fingerprint density at radius 2 is 1.82 bits per heavy atom. The number of carboxylic acid groups (broad SMARTS) is 1. The lowest BCUT2D eigenvalue weighted by atomic mass is 9.82. The Morgan fingerprint density at radius 1 is 1.09 bits per heavy atom. The minimum Gasteiger partial charge on any atom is -0.486 e. The molecule has 1 aromatic rings. The Morgan fingerprint density at radius 3 is 2.59 bits per heavy atom. The summed E-state index contributed by atoms with van der Waals surface area (Å²) in [6, 6.07) is 5.26.